The first-order valence-electron chi connectivity index (χ1n) is 18.7. The van der Waals surface area contributed by atoms with Gasteiger partial charge in [-0.25, -0.2) is 4.98 Å². The maximum absolute atomic E-state index is 14.1. The smallest absolute Gasteiger partial charge is 0.422 e. The lowest BCUT2D eigenvalue weighted by Gasteiger charge is -2.54. The third kappa shape index (κ3) is 5.16. The molecule has 2 aliphatic carbocycles. The summed E-state index contributed by atoms with van der Waals surface area (Å²) in [6.07, 6.45) is 6.08. The molecule has 0 radical (unpaired) electrons. The molecule has 4 aromatic rings. The zero-order chi connectivity index (χ0) is 35.6. The summed E-state index contributed by atoms with van der Waals surface area (Å²) in [7, 11) is 0. The number of aromatic nitrogens is 4. The Morgan fingerprint density at radius 3 is 2.44 bits per heavy atom. The molecule has 4 aliphatic heterocycles. The number of benzene rings is 2. The number of carbonyl (C=O) groups excluding carboxylic acids is 1. The van der Waals surface area contributed by atoms with Crippen molar-refractivity contribution in [3.05, 3.63) is 48.2 Å². The SMILES string of the molecule is C=CC(=O)N1CC2(CCN(c3nc(N4CC(N5CCC56CC6)C4)nc4c(OCC(F)(F)F)c(-c5c(C)ccc6[nH]ncc56)c(C5CC5)cc34)CC2)C1. The number of ether oxygens (including phenoxy) is 1. The van der Waals surface area contributed by atoms with E-state index in [-0.39, 0.29) is 23.0 Å². The Balaban J connectivity index is 1.11. The van der Waals surface area contributed by atoms with Gasteiger partial charge in [-0.05, 0) is 92.7 Å². The van der Waals surface area contributed by atoms with Crippen molar-refractivity contribution in [2.45, 2.75) is 75.5 Å². The van der Waals surface area contributed by atoms with Gasteiger partial charge in [0, 0.05) is 79.1 Å². The van der Waals surface area contributed by atoms with Crippen molar-refractivity contribution in [2.75, 3.05) is 62.2 Å². The first kappa shape index (κ1) is 32.3. The summed E-state index contributed by atoms with van der Waals surface area (Å²) < 4.78 is 48.2. The third-order valence-corrected chi connectivity index (χ3v) is 12.9. The van der Waals surface area contributed by atoms with Crippen molar-refractivity contribution in [3.8, 4) is 16.9 Å². The lowest BCUT2D eigenvalue weighted by molar-refractivity contribution is -0.153. The molecule has 52 heavy (non-hydrogen) atoms. The minimum atomic E-state index is -4.54. The van der Waals surface area contributed by atoms with Crippen LogP contribution in [0.5, 0.6) is 5.75 Å². The number of hydrogen-bond donors (Lipinski definition) is 1. The molecular weight excluding hydrogens is 669 g/mol. The van der Waals surface area contributed by atoms with E-state index in [0.29, 0.717) is 28.6 Å². The molecule has 2 aromatic carbocycles. The molecule has 13 heteroatoms. The predicted molar refractivity (Wildman–Crippen MR) is 193 cm³/mol. The van der Waals surface area contributed by atoms with Gasteiger partial charge < -0.3 is 19.4 Å². The zero-order valence-corrected chi connectivity index (χ0v) is 29.4. The summed E-state index contributed by atoms with van der Waals surface area (Å²) in [6.45, 7) is 9.82. The second kappa shape index (κ2) is 11.3. The maximum Gasteiger partial charge on any atom is 0.422 e. The molecular formula is C39H43F3N8O2. The van der Waals surface area contributed by atoms with Crippen LogP contribution in [0.25, 0.3) is 32.9 Å². The molecule has 272 valence electrons. The van der Waals surface area contributed by atoms with Crippen LogP contribution in [-0.2, 0) is 4.79 Å². The quantitative estimate of drug-likeness (QED) is 0.212. The number of piperidine rings is 1. The minimum absolute atomic E-state index is 0.0330. The van der Waals surface area contributed by atoms with E-state index in [0.717, 1.165) is 110 Å². The molecule has 0 bridgehead atoms. The van der Waals surface area contributed by atoms with E-state index in [2.05, 4.69) is 37.5 Å². The summed E-state index contributed by atoms with van der Waals surface area (Å²) in [5.74, 6) is 1.62. The summed E-state index contributed by atoms with van der Waals surface area (Å²) in [6, 6.07) is 6.52. The van der Waals surface area contributed by atoms with Crippen LogP contribution in [0.1, 0.15) is 62.0 Å². The van der Waals surface area contributed by atoms with Crippen molar-refractivity contribution in [1.82, 2.24) is 30.0 Å². The Bertz CT molecular complexity index is 2120. The van der Waals surface area contributed by atoms with Crippen molar-refractivity contribution in [2.24, 2.45) is 5.41 Å². The molecule has 2 spiro atoms. The second-order valence-electron chi connectivity index (χ2n) is 16.3. The summed E-state index contributed by atoms with van der Waals surface area (Å²) in [4.78, 5) is 31.6. The van der Waals surface area contributed by atoms with E-state index in [1.807, 2.05) is 24.0 Å². The number of nitrogens with zero attached hydrogens (tertiary/aromatic N) is 7. The standard InChI is InChI=1S/C39H43F3N8O2/c1-3-30(51)49-20-37(21-49)10-13-47(14-11-37)35-27-16-26(24-5-6-24)32(31-23(2)4-7-29-28(31)17-43-46-29)34(52-22-39(40,41)42)33(27)44-36(45-35)48-18-25(19-48)50-15-12-38(50)8-9-38/h3-4,7,16-17,24-25H,1,5-6,8-15,18-22H2,2H3,(H,43,46). The first-order chi connectivity index (χ1) is 25.0. The highest BCUT2D eigenvalue weighted by Crippen LogP contribution is 2.55. The summed E-state index contributed by atoms with van der Waals surface area (Å²) in [5, 5.41) is 8.92. The fourth-order valence-electron chi connectivity index (χ4n) is 9.52. The van der Waals surface area contributed by atoms with Crippen molar-refractivity contribution in [3.63, 3.8) is 0 Å². The van der Waals surface area contributed by atoms with E-state index in [1.54, 1.807) is 6.20 Å². The average Bonchev–Trinajstić information content (AvgIpc) is 4.03. The van der Waals surface area contributed by atoms with E-state index in [4.69, 9.17) is 14.7 Å². The molecule has 1 N–H and O–H groups in total. The lowest BCUT2D eigenvalue weighted by Crippen LogP contribution is -2.67. The fraction of sp³-hybridized carbons (Fsp3) is 0.538. The maximum atomic E-state index is 14.1. The van der Waals surface area contributed by atoms with Gasteiger partial charge in [0.25, 0.3) is 0 Å². The van der Waals surface area contributed by atoms with Gasteiger partial charge in [0.15, 0.2) is 12.4 Å². The molecule has 0 atom stereocenters. The number of H-pyrrole nitrogens is 1. The zero-order valence-electron chi connectivity index (χ0n) is 29.4. The van der Waals surface area contributed by atoms with Crippen molar-refractivity contribution in [1.29, 1.82) is 0 Å². The van der Waals surface area contributed by atoms with Crippen LogP contribution < -0.4 is 14.5 Å². The number of hydrogen-bond acceptors (Lipinski definition) is 8. The van der Waals surface area contributed by atoms with Gasteiger partial charge in [0.05, 0.1) is 11.7 Å². The number of anilines is 2. The number of fused-ring (bicyclic) bond motifs is 2. The highest BCUT2D eigenvalue weighted by molar-refractivity contribution is 6.06. The van der Waals surface area contributed by atoms with Crippen molar-refractivity contribution < 1.29 is 22.7 Å². The fourth-order valence-corrected chi connectivity index (χ4v) is 9.52. The number of aromatic amines is 1. The minimum Gasteiger partial charge on any atom is -0.481 e. The molecule has 1 amide bonds. The van der Waals surface area contributed by atoms with Gasteiger partial charge >= 0.3 is 6.18 Å². The molecule has 2 aromatic heterocycles. The molecule has 10 nitrogen and oxygen atoms in total. The molecule has 4 saturated heterocycles. The highest BCUT2D eigenvalue weighted by atomic mass is 19.4. The van der Waals surface area contributed by atoms with Gasteiger partial charge in [0.2, 0.25) is 11.9 Å². The molecule has 2 saturated carbocycles. The molecule has 6 aliphatic rings. The number of alkyl halides is 3. The topological polar surface area (TPSA) is 93.7 Å². The Morgan fingerprint density at radius 1 is 1.02 bits per heavy atom. The van der Waals surface area contributed by atoms with Crippen LogP contribution in [0.15, 0.2) is 37.1 Å². The van der Waals surface area contributed by atoms with Crippen molar-refractivity contribution >= 4 is 39.5 Å². The van der Waals surface area contributed by atoms with Gasteiger partial charge in [0.1, 0.15) is 11.3 Å². The van der Waals surface area contributed by atoms with Crippen LogP contribution in [0.2, 0.25) is 0 Å². The van der Waals surface area contributed by atoms with E-state index >= 15 is 0 Å². The van der Waals surface area contributed by atoms with Gasteiger partial charge in [-0.15, -0.1) is 0 Å². The monoisotopic (exact) mass is 712 g/mol. The number of nitrogens with one attached hydrogen (secondary N) is 1. The van der Waals surface area contributed by atoms with Crippen LogP contribution in [0.3, 0.4) is 0 Å². The first-order valence-corrected chi connectivity index (χ1v) is 18.7. The largest absolute Gasteiger partial charge is 0.481 e. The number of carbonyl (C=O) groups is 1. The van der Waals surface area contributed by atoms with E-state index in [9.17, 15) is 18.0 Å². The molecule has 0 unspecified atom stereocenters. The Kier molecular flexibility index (Phi) is 7.02. The number of aryl methyl sites for hydroxylation is 1. The Hall–Kier alpha value is -4.39. The van der Waals surface area contributed by atoms with E-state index < -0.39 is 12.8 Å². The van der Waals surface area contributed by atoms with E-state index in [1.165, 1.54) is 25.3 Å². The second-order valence-corrected chi connectivity index (χ2v) is 16.3. The van der Waals surface area contributed by atoms with Crippen LogP contribution in [0.4, 0.5) is 24.9 Å². The summed E-state index contributed by atoms with van der Waals surface area (Å²) in [5.41, 5.74) is 5.11. The summed E-state index contributed by atoms with van der Waals surface area (Å²) >= 11 is 0. The Labute approximate surface area is 300 Å². The van der Waals surface area contributed by atoms with Crippen LogP contribution >= 0.6 is 0 Å². The normalized spacial score (nSPS) is 22.5. The third-order valence-electron chi connectivity index (χ3n) is 12.9. The van der Waals surface area contributed by atoms with Crippen LogP contribution in [0, 0.1) is 12.3 Å². The van der Waals surface area contributed by atoms with Gasteiger partial charge in [-0.2, -0.15) is 23.3 Å². The van der Waals surface area contributed by atoms with Gasteiger partial charge in [-0.1, -0.05) is 12.6 Å². The highest BCUT2D eigenvalue weighted by Gasteiger charge is 2.58. The number of likely N-dealkylation sites (tertiary alicyclic amines) is 2. The van der Waals surface area contributed by atoms with Gasteiger partial charge in [-0.3, -0.25) is 14.8 Å². The number of amides is 1. The molecule has 6 fully saturated rings. The van der Waals surface area contributed by atoms with Crippen LogP contribution in [-0.4, -0.2) is 106 Å². The predicted octanol–water partition coefficient (Wildman–Crippen LogP) is 6.34. The Morgan fingerprint density at radius 2 is 1.79 bits per heavy atom. The average molecular weight is 713 g/mol. The molecule has 6 heterocycles. The lowest BCUT2D eigenvalue weighted by atomic mass is 9.72. The number of rotatable bonds is 8. The number of halogens is 3. The molecule has 10 rings (SSSR count).